The van der Waals surface area contributed by atoms with Gasteiger partial charge in [-0.25, -0.2) is 0 Å². The van der Waals surface area contributed by atoms with Gasteiger partial charge in [0, 0.05) is 5.02 Å². The molecule has 0 heterocycles. The maximum absolute atomic E-state index is 13.5. The smallest absolute Gasteiger partial charge is 0.416 e. The molecule has 1 saturated carbocycles. The number of alkyl halides is 3. The van der Waals surface area contributed by atoms with E-state index in [1.54, 1.807) is 24.3 Å². The van der Waals surface area contributed by atoms with Crippen molar-refractivity contribution >= 4 is 11.6 Å². The highest BCUT2D eigenvalue weighted by molar-refractivity contribution is 6.31. The Bertz CT molecular complexity index is 749. The van der Waals surface area contributed by atoms with Crippen LogP contribution < -0.4 is 4.74 Å². The molecule has 1 nitrogen and oxygen atoms in total. The van der Waals surface area contributed by atoms with Crippen LogP contribution in [0.25, 0.3) is 0 Å². The van der Waals surface area contributed by atoms with Crippen molar-refractivity contribution in [2.24, 2.45) is 0 Å². The minimum absolute atomic E-state index is 0.0162. The van der Waals surface area contributed by atoms with Crippen molar-refractivity contribution in [3.8, 4) is 5.75 Å². The summed E-state index contributed by atoms with van der Waals surface area (Å²) in [7, 11) is 0. The Hall–Kier alpha value is -1.68. The summed E-state index contributed by atoms with van der Waals surface area (Å²) in [4.78, 5) is 0. The second-order valence-corrected chi connectivity index (χ2v) is 7.01. The number of halogens is 4. The highest BCUT2D eigenvalue weighted by Crippen LogP contribution is 2.42. The largest absolute Gasteiger partial charge is 0.489 e. The lowest BCUT2D eigenvalue weighted by atomic mass is 9.91. The van der Waals surface area contributed by atoms with E-state index in [0.717, 1.165) is 31.2 Å². The molecule has 0 spiro atoms. The highest BCUT2D eigenvalue weighted by Gasteiger charge is 2.36. The minimum atomic E-state index is -4.35. The average molecular weight is 369 g/mol. The van der Waals surface area contributed by atoms with Crippen molar-refractivity contribution in [3.63, 3.8) is 0 Å². The van der Waals surface area contributed by atoms with E-state index in [9.17, 15) is 13.2 Å². The molecule has 1 aliphatic carbocycles. The molecule has 0 amide bonds. The maximum Gasteiger partial charge on any atom is 0.416 e. The third kappa shape index (κ3) is 4.30. The zero-order valence-electron chi connectivity index (χ0n) is 14.0. The van der Waals surface area contributed by atoms with Gasteiger partial charge in [-0.15, -0.1) is 0 Å². The first kappa shape index (κ1) is 18.1. The summed E-state index contributed by atoms with van der Waals surface area (Å²) in [6.45, 7) is 1.96. The molecule has 0 saturated heterocycles. The molecule has 0 N–H and O–H groups in total. The Labute approximate surface area is 150 Å². The molecule has 0 aliphatic heterocycles. The van der Waals surface area contributed by atoms with Gasteiger partial charge in [0.15, 0.2) is 0 Å². The third-order valence-corrected chi connectivity index (χ3v) is 5.17. The van der Waals surface area contributed by atoms with Crippen LogP contribution in [0.5, 0.6) is 5.75 Å². The predicted octanol–water partition coefficient (Wildman–Crippen LogP) is 6.90. The van der Waals surface area contributed by atoms with E-state index in [4.69, 9.17) is 16.3 Å². The Morgan fingerprint density at radius 2 is 1.80 bits per heavy atom. The summed E-state index contributed by atoms with van der Waals surface area (Å²) in [5.74, 6) is 0.562. The van der Waals surface area contributed by atoms with Gasteiger partial charge < -0.3 is 4.74 Å². The lowest BCUT2D eigenvalue weighted by Gasteiger charge is -2.19. The van der Waals surface area contributed by atoms with Crippen LogP contribution >= 0.6 is 11.6 Å². The first-order chi connectivity index (χ1) is 11.8. The SMILES string of the molecule is Cc1ccc(OCc2ccc(C3CCCC3)c(C(F)(F)F)c2)cc1Cl. The molecule has 0 bridgehead atoms. The molecule has 134 valence electrons. The second kappa shape index (κ2) is 7.28. The molecule has 0 atom stereocenters. The van der Waals surface area contributed by atoms with E-state index in [0.29, 0.717) is 21.9 Å². The van der Waals surface area contributed by atoms with Crippen LogP contribution in [-0.2, 0) is 12.8 Å². The molecule has 25 heavy (non-hydrogen) atoms. The minimum Gasteiger partial charge on any atom is -0.489 e. The van der Waals surface area contributed by atoms with Gasteiger partial charge in [0.1, 0.15) is 12.4 Å². The van der Waals surface area contributed by atoms with E-state index in [1.807, 2.05) is 13.0 Å². The monoisotopic (exact) mass is 368 g/mol. The lowest BCUT2D eigenvalue weighted by Crippen LogP contribution is -2.12. The van der Waals surface area contributed by atoms with E-state index >= 15 is 0 Å². The standard InChI is InChI=1S/C20H20ClF3O/c1-13-6-8-16(11-19(13)21)25-12-14-7-9-17(15-4-2-3-5-15)18(10-14)20(22,23)24/h6-11,15H,2-5,12H2,1H3. The van der Waals surface area contributed by atoms with Crippen molar-refractivity contribution in [3.05, 3.63) is 63.7 Å². The molecule has 1 aliphatic rings. The molecule has 0 radical (unpaired) electrons. The van der Waals surface area contributed by atoms with Gasteiger partial charge in [-0.3, -0.25) is 0 Å². The van der Waals surface area contributed by atoms with Crippen molar-refractivity contribution in [2.45, 2.75) is 51.3 Å². The average Bonchev–Trinajstić information content (AvgIpc) is 3.09. The van der Waals surface area contributed by atoms with Gasteiger partial charge in [0.2, 0.25) is 0 Å². The predicted molar refractivity (Wildman–Crippen MR) is 93.2 cm³/mol. The molecule has 2 aromatic rings. The van der Waals surface area contributed by atoms with E-state index in [2.05, 4.69) is 0 Å². The number of hydrogen-bond acceptors (Lipinski definition) is 1. The van der Waals surface area contributed by atoms with E-state index in [1.165, 1.54) is 6.07 Å². The summed E-state index contributed by atoms with van der Waals surface area (Å²) < 4.78 is 46.1. The summed E-state index contributed by atoms with van der Waals surface area (Å²) in [6.07, 6.45) is -0.676. The number of ether oxygens (including phenoxy) is 1. The van der Waals surface area contributed by atoms with Gasteiger partial charge in [0.25, 0.3) is 0 Å². The molecule has 3 rings (SSSR count). The molecular formula is C20H20ClF3O. The Kier molecular flexibility index (Phi) is 5.28. The van der Waals surface area contributed by atoms with Crippen LogP contribution in [0.4, 0.5) is 13.2 Å². The maximum atomic E-state index is 13.5. The van der Waals surface area contributed by atoms with Crippen LogP contribution in [0.3, 0.4) is 0 Å². The van der Waals surface area contributed by atoms with Crippen molar-refractivity contribution in [2.75, 3.05) is 0 Å². The molecule has 2 aromatic carbocycles. The number of hydrogen-bond donors (Lipinski definition) is 0. The van der Waals surface area contributed by atoms with Crippen LogP contribution in [0.2, 0.25) is 5.02 Å². The number of aryl methyl sites for hydroxylation is 1. The summed E-state index contributed by atoms with van der Waals surface area (Å²) in [5, 5.41) is 0.574. The normalized spacial score (nSPS) is 15.6. The lowest BCUT2D eigenvalue weighted by molar-refractivity contribution is -0.138. The van der Waals surface area contributed by atoms with E-state index in [-0.39, 0.29) is 12.5 Å². The van der Waals surface area contributed by atoms with Crippen LogP contribution in [0.1, 0.15) is 53.9 Å². The molecule has 0 unspecified atom stereocenters. The van der Waals surface area contributed by atoms with Gasteiger partial charge in [-0.05, 0) is 60.6 Å². The first-order valence-corrected chi connectivity index (χ1v) is 8.81. The van der Waals surface area contributed by atoms with Crippen molar-refractivity contribution in [1.29, 1.82) is 0 Å². The third-order valence-electron chi connectivity index (χ3n) is 4.77. The van der Waals surface area contributed by atoms with Gasteiger partial charge >= 0.3 is 6.18 Å². The Balaban J connectivity index is 1.81. The van der Waals surface area contributed by atoms with Crippen molar-refractivity contribution in [1.82, 2.24) is 0 Å². The van der Waals surface area contributed by atoms with Crippen LogP contribution in [-0.4, -0.2) is 0 Å². The number of benzene rings is 2. The van der Waals surface area contributed by atoms with Crippen LogP contribution in [0.15, 0.2) is 36.4 Å². The molecule has 0 aromatic heterocycles. The summed E-state index contributed by atoms with van der Waals surface area (Å²) in [6, 6.07) is 9.84. The number of rotatable bonds is 4. The zero-order valence-corrected chi connectivity index (χ0v) is 14.8. The molecule has 5 heteroatoms. The molecular weight excluding hydrogens is 349 g/mol. The van der Waals surface area contributed by atoms with Gasteiger partial charge in [-0.1, -0.05) is 42.6 Å². The fourth-order valence-corrected chi connectivity index (χ4v) is 3.53. The molecule has 1 fully saturated rings. The Morgan fingerprint density at radius 1 is 1.08 bits per heavy atom. The fourth-order valence-electron chi connectivity index (χ4n) is 3.36. The Morgan fingerprint density at radius 3 is 2.44 bits per heavy atom. The summed E-state index contributed by atoms with van der Waals surface area (Å²) in [5.41, 5.74) is 1.33. The van der Waals surface area contributed by atoms with Gasteiger partial charge in [-0.2, -0.15) is 13.2 Å². The summed E-state index contributed by atoms with van der Waals surface area (Å²) >= 11 is 6.05. The topological polar surface area (TPSA) is 9.23 Å². The van der Waals surface area contributed by atoms with Gasteiger partial charge in [0.05, 0.1) is 5.56 Å². The van der Waals surface area contributed by atoms with E-state index < -0.39 is 11.7 Å². The second-order valence-electron chi connectivity index (χ2n) is 6.60. The highest BCUT2D eigenvalue weighted by atomic mass is 35.5. The quantitative estimate of drug-likeness (QED) is 0.570. The fraction of sp³-hybridized carbons (Fsp3) is 0.400. The first-order valence-electron chi connectivity index (χ1n) is 8.43. The zero-order chi connectivity index (χ0) is 18.0. The van der Waals surface area contributed by atoms with Crippen molar-refractivity contribution < 1.29 is 17.9 Å². The van der Waals surface area contributed by atoms with Crippen LogP contribution in [0, 0.1) is 6.92 Å².